The highest BCUT2D eigenvalue weighted by atomic mass is 32.2. The fourth-order valence-electron chi connectivity index (χ4n) is 3.37. The maximum Gasteiger partial charge on any atom is 0.394 e. The molecule has 0 unspecified atom stereocenters. The van der Waals surface area contributed by atoms with E-state index in [0.29, 0.717) is 0 Å². The van der Waals surface area contributed by atoms with Gasteiger partial charge in [-0.15, -0.1) is 0 Å². The molecule has 0 nitrogen and oxygen atoms in total. The van der Waals surface area contributed by atoms with Crippen molar-refractivity contribution in [3.05, 3.63) is 48.5 Å². The van der Waals surface area contributed by atoms with Gasteiger partial charge in [-0.05, 0) is 24.3 Å². The summed E-state index contributed by atoms with van der Waals surface area (Å²) >= 11 is 1.73. The zero-order valence-corrected chi connectivity index (χ0v) is 14.2. The SMILES string of the molecule is CC1(C(F)(F)F)CC([S+]2c3ccccc3Sc3ccccc32)C1. The van der Waals surface area contributed by atoms with Gasteiger partial charge < -0.3 is 0 Å². The summed E-state index contributed by atoms with van der Waals surface area (Å²) < 4.78 is 39.6. The number of rotatable bonds is 1. The third-order valence-corrected chi connectivity index (χ3v) is 8.84. The van der Waals surface area contributed by atoms with Gasteiger partial charge >= 0.3 is 6.18 Å². The lowest BCUT2D eigenvalue weighted by molar-refractivity contribution is -0.241. The first-order valence-corrected chi connectivity index (χ1v) is 9.65. The Labute approximate surface area is 140 Å². The van der Waals surface area contributed by atoms with Crippen LogP contribution in [0.1, 0.15) is 19.8 Å². The third-order valence-electron chi connectivity index (χ3n) is 4.77. The van der Waals surface area contributed by atoms with Gasteiger partial charge in [0.15, 0.2) is 9.79 Å². The summed E-state index contributed by atoms with van der Waals surface area (Å²) in [7, 11) is -0.255. The lowest BCUT2D eigenvalue weighted by Crippen LogP contribution is -2.52. The molecular weight excluding hydrogens is 337 g/mol. The number of hydrogen-bond donors (Lipinski definition) is 0. The summed E-state index contributed by atoms with van der Waals surface area (Å²) in [6, 6.07) is 16.3. The third kappa shape index (κ3) is 2.40. The van der Waals surface area contributed by atoms with E-state index in [1.165, 1.54) is 26.5 Å². The number of alkyl halides is 3. The van der Waals surface area contributed by atoms with E-state index >= 15 is 0 Å². The van der Waals surface area contributed by atoms with E-state index in [0.717, 1.165) is 0 Å². The highest BCUT2D eigenvalue weighted by molar-refractivity contribution is 8.04. The Morgan fingerprint density at radius 1 is 0.957 bits per heavy atom. The minimum Gasteiger partial charge on any atom is -0.171 e. The van der Waals surface area contributed by atoms with Crippen molar-refractivity contribution < 1.29 is 13.2 Å². The molecule has 1 fully saturated rings. The van der Waals surface area contributed by atoms with Crippen LogP contribution in [-0.2, 0) is 10.9 Å². The van der Waals surface area contributed by atoms with E-state index in [4.69, 9.17) is 0 Å². The first-order valence-electron chi connectivity index (χ1n) is 7.55. The van der Waals surface area contributed by atoms with Crippen molar-refractivity contribution in [2.75, 3.05) is 0 Å². The van der Waals surface area contributed by atoms with Gasteiger partial charge in [-0.1, -0.05) is 43.0 Å². The van der Waals surface area contributed by atoms with E-state index < -0.39 is 11.6 Å². The lowest BCUT2D eigenvalue weighted by Gasteiger charge is -2.45. The maximum absolute atomic E-state index is 13.2. The number of benzene rings is 2. The second-order valence-electron chi connectivity index (χ2n) is 6.42. The van der Waals surface area contributed by atoms with E-state index in [-0.39, 0.29) is 29.0 Å². The Kier molecular flexibility index (Phi) is 3.50. The summed E-state index contributed by atoms with van der Waals surface area (Å²) in [5.41, 5.74) is -1.51. The molecule has 0 radical (unpaired) electrons. The second kappa shape index (κ2) is 5.21. The molecule has 120 valence electrons. The van der Waals surface area contributed by atoms with Gasteiger partial charge in [0.25, 0.3) is 0 Å². The summed E-state index contributed by atoms with van der Waals surface area (Å²) in [6.07, 6.45) is -3.64. The average molecular weight is 353 g/mol. The van der Waals surface area contributed by atoms with Crippen LogP contribution in [0.5, 0.6) is 0 Å². The molecule has 0 spiro atoms. The van der Waals surface area contributed by atoms with Crippen LogP contribution in [0, 0.1) is 5.41 Å². The van der Waals surface area contributed by atoms with Crippen molar-refractivity contribution in [3.63, 3.8) is 0 Å². The van der Waals surface area contributed by atoms with E-state index in [2.05, 4.69) is 24.3 Å². The molecule has 0 aromatic heterocycles. The molecule has 2 aliphatic rings. The standard InChI is InChI=1S/C18H16F3S2/c1-17(18(19,20)21)10-12(11-17)23-15-8-4-2-6-13(15)22-14-7-3-5-9-16(14)23/h2-9,12H,10-11H2,1H3/q+1. The molecule has 0 bridgehead atoms. The Morgan fingerprint density at radius 2 is 1.43 bits per heavy atom. The number of halogens is 3. The fraction of sp³-hybridized carbons (Fsp3) is 0.333. The molecule has 4 rings (SSSR count). The molecule has 1 aliphatic carbocycles. The molecule has 2 aromatic carbocycles. The van der Waals surface area contributed by atoms with Crippen molar-refractivity contribution >= 4 is 22.7 Å². The summed E-state index contributed by atoms with van der Waals surface area (Å²) in [6.45, 7) is 1.36. The van der Waals surface area contributed by atoms with Gasteiger partial charge in [0.05, 0.1) is 26.1 Å². The normalized spacial score (nSPS) is 27.0. The molecular formula is C18H16F3S2+. The van der Waals surface area contributed by atoms with Crippen LogP contribution in [0.3, 0.4) is 0 Å². The molecule has 0 atom stereocenters. The zero-order chi connectivity index (χ0) is 16.2. The number of hydrogen-bond acceptors (Lipinski definition) is 1. The zero-order valence-electron chi connectivity index (χ0n) is 12.6. The second-order valence-corrected chi connectivity index (χ2v) is 9.73. The molecule has 1 saturated carbocycles. The Balaban J connectivity index is 1.73. The molecule has 23 heavy (non-hydrogen) atoms. The van der Waals surface area contributed by atoms with Crippen molar-refractivity contribution in [1.82, 2.24) is 0 Å². The van der Waals surface area contributed by atoms with Gasteiger partial charge in [0.1, 0.15) is 5.25 Å². The monoisotopic (exact) mass is 353 g/mol. The van der Waals surface area contributed by atoms with Gasteiger partial charge in [0, 0.05) is 12.8 Å². The van der Waals surface area contributed by atoms with Crippen LogP contribution in [0.15, 0.2) is 68.1 Å². The molecule has 0 saturated heterocycles. The van der Waals surface area contributed by atoms with Gasteiger partial charge in [0.2, 0.25) is 0 Å². The van der Waals surface area contributed by atoms with E-state index in [9.17, 15) is 13.2 Å². The quantitative estimate of drug-likeness (QED) is 0.574. The molecule has 0 amide bonds. The Morgan fingerprint density at radius 3 is 1.91 bits per heavy atom. The van der Waals surface area contributed by atoms with Crippen LogP contribution in [0.2, 0.25) is 0 Å². The largest absolute Gasteiger partial charge is 0.394 e. The summed E-state index contributed by atoms with van der Waals surface area (Å²) in [4.78, 5) is 4.81. The number of fused-ring (bicyclic) bond motifs is 2. The van der Waals surface area contributed by atoms with Crippen LogP contribution < -0.4 is 0 Å². The minimum atomic E-state index is -4.10. The van der Waals surface area contributed by atoms with Crippen LogP contribution in [0.25, 0.3) is 0 Å². The average Bonchev–Trinajstić information content (AvgIpc) is 2.48. The molecule has 2 aromatic rings. The Hall–Kier alpha value is -1.07. The minimum absolute atomic E-state index is 0.0878. The van der Waals surface area contributed by atoms with Crippen molar-refractivity contribution in [2.24, 2.45) is 5.41 Å². The van der Waals surface area contributed by atoms with Gasteiger partial charge in [-0.3, -0.25) is 0 Å². The fourth-order valence-corrected chi connectivity index (χ4v) is 8.07. The lowest BCUT2D eigenvalue weighted by atomic mass is 9.69. The van der Waals surface area contributed by atoms with E-state index in [1.54, 1.807) is 11.8 Å². The van der Waals surface area contributed by atoms with Crippen LogP contribution >= 0.6 is 11.8 Å². The van der Waals surface area contributed by atoms with Crippen LogP contribution in [-0.4, -0.2) is 11.4 Å². The highest BCUT2D eigenvalue weighted by Crippen LogP contribution is 2.59. The Bertz CT molecular complexity index is 702. The van der Waals surface area contributed by atoms with E-state index in [1.807, 2.05) is 24.3 Å². The molecule has 1 aliphatic heterocycles. The summed E-state index contributed by atoms with van der Waals surface area (Å²) in [5.74, 6) is 0. The molecule has 1 heterocycles. The first-order chi connectivity index (χ1) is 10.9. The van der Waals surface area contributed by atoms with Crippen molar-refractivity contribution in [1.29, 1.82) is 0 Å². The maximum atomic E-state index is 13.2. The smallest absolute Gasteiger partial charge is 0.171 e. The van der Waals surface area contributed by atoms with Crippen molar-refractivity contribution in [2.45, 2.75) is 50.8 Å². The predicted molar refractivity (Wildman–Crippen MR) is 88.1 cm³/mol. The highest BCUT2D eigenvalue weighted by Gasteiger charge is 2.64. The molecule has 5 heteroatoms. The predicted octanol–water partition coefficient (Wildman–Crippen LogP) is 5.92. The molecule has 0 N–H and O–H groups in total. The van der Waals surface area contributed by atoms with Gasteiger partial charge in [-0.2, -0.15) is 13.2 Å². The van der Waals surface area contributed by atoms with Crippen molar-refractivity contribution in [3.8, 4) is 0 Å². The van der Waals surface area contributed by atoms with Crippen LogP contribution in [0.4, 0.5) is 13.2 Å². The summed E-state index contributed by atoms with van der Waals surface area (Å²) in [5, 5.41) is 0.0878. The first kappa shape index (κ1) is 15.5. The topological polar surface area (TPSA) is 0 Å². The van der Waals surface area contributed by atoms with Gasteiger partial charge in [-0.25, -0.2) is 0 Å².